The first-order valence-corrected chi connectivity index (χ1v) is 10.4. The van der Waals surface area contributed by atoms with Gasteiger partial charge in [-0.1, -0.05) is 12.8 Å². The van der Waals surface area contributed by atoms with Crippen LogP contribution in [-0.4, -0.2) is 21.4 Å². The highest BCUT2D eigenvalue weighted by molar-refractivity contribution is 8.00. The van der Waals surface area contributed by atoms with E-state index < -0.39 is 0 Å². The zero-order valence-electron chi connectivity index (χ0n) is 14.8. The molecule has 0 spiro atoms. The van der Waals surface area contributed by atoms with Crippen LogP contribution in [0.5, 0.6) is 0 Å². The van der Waals surface area contributed by atoms with Gasteiger partial charge in [0.25, 0.3) is 0 Å². The maximum atomic E-state index is 12.9. The molecule has 1 aromatic carbocycles. The Morgan fingerprint density at radius 2 is 1.92 bits per heavy atom. The number of amides is 1. The number of rotatable bonds is 7. The highest BCUT2D eigenvalue weighted by Crippen LogP contribution is 2.43. The molecule has 2 aliphatic rings. The molecule has 1 amide bonds. The smallest absolute Gasteiger partial charge is 0.230 e. The number of benzene rings is 1. The minimum Gasteiger partial charge on any atom is -0.350 e. The Bertz CT molecular complexity index is 764. The molecule has 0 bridgehead atoms. The Morgan fingerprint density at radius 3 is 2.62 bits per heavy atom. The summed E-state index contributed by atoms with van der Waals surface area (Å²) >= 11 is 1.41. The molecular weight excluding hydrogens is 349 g/mol. The monoisotopic (exact) mass is 373 g/mol. The van der Waals surface area contributed by atoms with Crippen molar-refractivity contribution < 1.29 is 9.18 Å². The van der Waals surface area contributed by atoms with Crippen LogP contribution in [0.4, 0.5) is 4.39 Å². The third-order valence-electron chi connectivity index (χ3n) is 5.13. The highest BCUT2D eigenvalue weighted by Gasteiger charge is 2.31. The second kappa shape index (κ2) is 7.82. The average Bonchev–Trinajstić information content (AvgIpc) is 3.18. The molecule has 4 rings (SSSR count). The van der Waals surface area contributed by atoms with E-state index in [2.05, 4.69) is 16.1 Å². The van der Waals surface area contributed by atoms with Crippen molar-refractivity contribution in [2.75, 3.05) is 5.75 Å². The summed E-state index contributed by atoms with van der Waals surface area (Å²) in [6.07, 6.45) is 7.56. The fourth-order valence-corrected chi connectivity index (χ4v) is 4.32. The molecule has 2 fully saturated rings. The predicted molar refractivity (Wildman–Crippen MR) is 101 cm³/mol. The van der Waals surface area contributed by atoms with Crippen LogP contribution >= 0.6 is 11.8 Å². The molecule has 2 aromatic rings. The van der Waals surface area contributed by atoms with Crippen LogP contribution in [0.2, 0.25) is 0 Å². The summed E-state index contributed by atoms with van der Waals surface area (Å²) in [5.41, 5.74) is 2.32. The van der Waals surface area contributed by atoms with Gasteiger partial charge in [0.2, 0.25) is 5.91 Å². The fourth-order valence-electron chi connectivity index (χ4n) is 3.59. The van der Waals surface area contributed by atoms with E-state index in [1.54, 1.807) is 12.1 Å². The number of carbonyl (C=O) groups excluding carboxylic acids is 1. The minimum absolute atomic E-state index is 0.0253. The number of hydrogen-bond donors (Lipinski definition) is 1. The van der Waals surface area contributed by atoms with Crippen molar-refractivity contribution in [2.45, 2.75) is 61.9 Å². The molecule has 4 nitrogen and oxygen atoms in total. The van der Waals surface area contributed by atoms with E-state index in [4.69, 9.17) is 5.10 Å². The first-order valence-electron chi connectivity index (χ1n) is 9.42. The van der Waals surface area contributed by atoms with Crippen molar-refractivity contribution in [3.63, 3.8) is 0 Å². The first-order chi connectivity index (χ1) is 12.7. The van der Waals surface area contributed by atoms with Gasteiger partial charge in [-0.3, -0.25) is 9.48 Å². The molecule has 26 heavy (non-hydrogen) atoms. The van der Waals surface area contributed by atoms with Crippen molar-refractivity contribution in [3.8, 4) is 0 Å². The van der Waals surface area contributed by atoms with Gasteiger partial charge in [0.1, 0.15) is 5.82 Å². The molecule has 2 aliphatic carbocycles. The van der Waals surface area contributed by atoms with Gasteiger partial charge in [-0.2, -0.15) is 5.10 Å². The number of nitrogens with one attached hydrogen (secondary N) is 1. The highest BCUT2D eigenvalue weighted by atomic mass is 32.2. The van der Waals surface area contributed by atoms with Crippen LogP contribution in [0.15, 0.2) is 35.2 Å². The van der Waals surface area contributed by atoms with Crippen molar-refractivity contribution in [1.82, 2.24) is 15.1 Å². The van der Waals surface area contributed by atoms with Gasteiger partial charge in [-0.25, -0.2) is 4.39 Å². The molecule has 138 valence electrons. The van der Waals surface area contributed by atoms with E-state index in [1.165, 1.54) is 68.1 Å². The zero-order chi connectivity index (χ0) is 17.9. The van der Waals surface area contributed by atoms with Gasteiger partial charge in [0, 0.05) is 16.5 Å². The van der Waals surface area contributed by atoms with E-state index in [0.29, 0.717) is 24.3 Å². The molecule has 6 heteroatoms. The largest absolute Gasteiger partial charge is 0.350 e. The number of nitrogens with zero attached hydrogens (tertiary/aromatic N) is 2. The molecular formula is C20H24FN3OS. The zero-order valence-corrected chi connectivity index (χ0v) is 15.6. The molecule has 1 aromatic heterocycles. The standard InChI is InChI=1S/C20H24FN3OS/c21-15-7-9-18(10-8-15)26-13-20(25)22-12-16-11-19(14-5-6-14)24(23-16)17-3-1-2-4-17/h7-11,14,17H,1-6,12-13H2,(H,22,25). The lowest BCUT2D eigenvalue weighted by Crippen LogP contribution is -2.24. The lowest BCUT2D eigenvalue weighted by Gasteiger charge is -2.13. The fraction of sp³-hybridized carbons (Fsp3) is 0.500. The van der Waals surface area contributed by atoms with Crippen LogP contribution in [-0.2, 0) is 11.3 Å². The number of halogens is 1. The molecule has 1 heterocycles. The Labute approximate surface area is 157 Å². The van der Waals surface area contributed by atoms with E-state index in [0.717, 1.165) is 10.6 Å². The van der Waals surface area contributed by atoms with Crippen LogP contribution < -0.4 is 5.32 Å². The second-order valence-electron chi connectivity index (χ2n) is 7.24. The van der Waals surface area contributed by atoms with Crippen LogP contribution in [0, 0.1) is 5.82 Å². The van der Waals surface area contributed by atoms with Crippen molar-refractivity contribution in [1.29, 1.82) is 0 Å². The number of hydrogen-bond acceptors (Lipinski definition) is 3. The SMILES string of the molecule is O=C(CSc1ccc(F)cc1)NCc1cc(C2CC2)n(C2CCCC2)n1. The third-order valence-corrected chi connectivity index (χ3v) is 6.14. The maximum Gasteiger partial charge on any atom is 0.230 e. The minimum atomic E-state index is -0.261. The normalized spacial score (nSPS) is 17.6. The van der Waals surface area contributed by atoms with Gasteiger partial charge >= 0.3 is 0 Å². The molecule has 2 saturated carbocycles. The summed E-state index contributed by atoms with van der Waals surface area (Å²) in [5.74, 6) is 0.706. The van der Waals surface area contributed by atoms with Gasteiger partial charge < -0.3 is 5.32 Å². The number of thioether (sulfide) groups is 1. The summed E-state index contributed by atoms with van der Waals surface area (Å²) in [6.45, 7) is 0.474. The summed E-state index contributed by atoms with van der Waals surface area (Å²) in [5, 5.41) is 7.77. The molecule has 0 saturated heterocycles. The number of aromatic nitrogens is 2. The summed E-state index contributed by atoms with van der Waals surface area (Å²) < 4.78 is 15.2. The van der Waals surface area contributed by atoms with Crippen molar-refractivity contribution in [2.24, 2.45) is 0 Å². The molecule has 0 unspecified atom stereocenters. The molecule has 0 atom stereocenters. The maximum absolute atomic E-state index is 12.9. The van der Waals surface area contributed by atoms with Gasteiger partial charge in [-0.15, -0.1) is 11.8 Å². The second-order valence-corrected chi connectivity index (χ2v) is 8.29. The van der Waals surface area contributed by atoms with Crippen molar-refractivity contribution in [3.05, 3.63) is 47.5 Å². The van der Waals surface area contributed by atoms with Crippen LogP contribution in [0.25, 0.3) is 0 Å². The van der Waals surface area contributed by atoms with Crippen LogP contribution in [0.3, 0.4) is 0 Å². The Kier molecular flexibility index (Phi) is 5.29. The van der Waals surface area contributed by atoms with Crippen molar-refractivity contribution >= 4 is 17.7 Å². The quantitative estimate of drug-likeness (QED) is 0.731. The molecule has 1 N–H and O–H groups in total. The Morgan fingerprint density at radius 1 is 1.19 bits per heavy atom. The van der Waals surface area contributed by atoms with Crippen LogP contribution in [0.1, 0.15) is 61.9 Å². The van der Waals surface area contributed by atoms with Gasteiger partial charge in [0.15, 0.2) is 0 Å². The topological polar surface area (TPSA) is 46.9 Å². The van der Waals surface area contributed by atoms with E-state index >= 15 is 0 Å². The first kappa shape index (κ1) is 17.6. The van der Waals surface area contributed by atoms with Gasteiger partial charge in [-0.05, 0) is 56.0 Å². The van der Waals surface area contributed by atoms with E-state index in [9.17, 15) is 9.18 Å². The third kappa shape index (κ3) is 4.29. The Balaban J connectivity index is 1.31. The summed E-state index contributed by atoms with van der Waals surface area (Å²) in [6, 6.07) is 8.94. The van der Waals surface area contributed by atoms with Gasteiger partial charge in [0.05, 0.1) is 24.0 Å². The Hall–Kier alpha value is -1.82. The van der Waals surface area contributed by atoms with E-state index in [-0.39, 0.29) is 11.7 Å². The lowest BCUT2D eigenvalue weighted by atomic mass is 10.2. The summed E-state index contributed by atoms with van der Waals surface area (Å²) in [4.78, 5) is 13.0. The molecule has 0 aliphatic heterocycles. The average molecular weight is 373 g/mol. The molecule has 0 radical (unpaired) electrons. The predicted octanol–water partition coefficient (Wildman–Crippen LogP) is 4.42. The number of carbonyl (C=O) groups is 1. The lowest BCUT2D eigenvalue weighted by molar-refractivity contribution is -0.118. The summed E-state index contributed by atoms with van der Waals surface area (Å²) in [7, 11) is 0. The van der Waals surface area contributed by atoms with E-state index in [1.807, 2.05) is 0 Å².